The Morgan fingerprint density at radius 3 is 2.45 bits per heavy atom. The van der Waals surface area contributed by atoms with Crippen molar-refractivity contribution < 1.29 is 40.1 Å². The molecule has 2 aliphatic carbocycles. The molecule has 0 radical (unpaired) electrons. The van der Waals surface area contributed by atoms with Crippen molar-refractivity contribution in [2.75, 3.05) is 7.11 Å². The van der Waals surface area contributed by atoms with E-state index in [-0.39, 0.29) is 53.3 Å². The van der Waals surface area contributed by atoms with Crippen molar-refractivity contribution in [3.05, 3.63) is 106 Å². The monoisotopic (exact) mass is 725 g/mol. The number of phenolic OH excluding ortho intramolecular Hbond substituents is 2. The summed E-state index contributed by atoms with van der Waals surface area (Å²) < 4.78 is 12.5. The predicted molar refractivity (Wildman–Crippen MR) is 202 cm³/mol. The molecule has 2 saturated carbocycles. The number of aromatic hydroxyl groups is 3. The standard InChI is InChI=1S/C44H55NO8/c1-25-8-12-30(36(47)14-9-26-6-4-3-5-7-26)32(18-25)33-20-28(11-15-37(33)48)29-10-13-31-38(49)22-40(53-39(31)21-29)41-34(19-27-16-17-45-23-27)44(52-2)43(51)42(50)35(41)24-46/h3-7,11,15-17,20,23,25,29-32,36,38-40,45-51H,8-10,12-14,18-19,21-22,24H2,1-2H3/t25-,29+,30+,31-,32+,36+,38-,39-,40-/m0/s1. The molecule has 2 heterocycles. The zero-order chi connectivity index (χ0) is 37.2. The quantitative estimate of drug-likeness (QED) is 0.0784. The van der Waals surface area contributed by atoms with Crippen molar-refractivity contribution in [2.24, 2.45) is 17.8 Å². The Hall–Kier alpha value is -4.02. The molecule has 3 aliphatic rings. The second-order valence-electron chi connectivity index (χ2n) is 15.9. The Bertz CT molecular complexity index is 1830. The molecule has 7 rings (SSSR count). The van der Waals surface area contributed by atoms with Crippen molar-refractivity contribution in [3.63, 3.8) is 0 Å². The van der Waals surface area contributed by atoms with Crippen LogP contribution in [0.25, 0.3) is 0 Å². The number of nitrogens with one attached hydrogen (secondary N) is 1. The van der Waals surface area contributed by atoms with Gasteiger partial charge in [-0.25, -0.2) is 0 Å². The minimum atomic E-state index is -0.662. The van der Waals surface area contributed by atoms with Gasteiger partial charge in [0.25, 0.3) is 0 Å². The van der Waals surface area contributed by atoms with Crippen LogP contribution >= 0.6 is 0 Å². The fourth-order valence-electron chi connectivity index (χ4n) is 9.86. The first-order chi connectivity index (χ1) is 25.7. The summed E-state index contributed by atoms with van der Waals surface area (Å²) in [4.78, 5) is 3.05. The van der Waals surface area contributed by atoms with Crippen LogP contribution in [0.4, 0.5) is 0 Å². The van der Waals surface area contributed by atoms with Crippen LogP contribution in [0.15, 0.2) is 67.0 Å². The van der Waals surface area contributed by atoms with Crippen molar-refractivity contribution in [2.45, 2.75) is 114 Å². The summed E-state index contributed by atoms with van der Waals surface area (Å²) in [5.41, 5.74) is 5.48. The minimum Gasteiger partial charge on any atom is -0.508 e. The van der Waals surface area contributed by atoms with Gasteiger partial charge in [0.15, 0.2) is 11.5 Å². The van der Waals surface area contributed by atoms with E-state index in [1.807, 2.05) is 42.6 Å². The van der Waals surface area contributed by atoms with Crippen molar-refractivity contribution in [1.29, 1.82) is 0 Å². The lowest BCUT2D eigenvalue weighted by Crippen LogP contribution is -2.44. The number of ether oxygens (including phenoxy) is 2. The van der Waals surface area contributed by atoms with Crippen LogP contribution in [-0.2, 0) is 24.2 Å². The maximum Gasteiger partial charge on any atom is 0.201 e. The Morgan fingerprint density at radius 1 is 0.906 bits per heavy atom. The molecule has 3 aromatic carbocycles. The Labute approximate surface area is 312 Å². The number of aromatic amines is 1. The molecule has 53 heavy (non-hydrogen) atoms. The number of aromatic nitrogens is 1. The van der Waals surface area contributed by atoms with Gasteiger partial charge in [0.1, 0.15) is 5.75 Å². The summed E-state index contributed by atoms with van der Waals surface area (Å²) in [6.45, 7) is 1.74. The van der Waals surface area contributed by atoms with E-state index in [0.717, 1.165) is 55.2 Å². The van der Waals surface area contributed by atoms with Gasteiger partial charge in [-0.2, -0.15) is 0 Å². The smallest absolute Gasteiger partial charge is 0.201 e. The molecule has 0 unspecified atom stereocenters. The van der Waals surface area contributed by atoms with Gasteiger partial charge in [0.2, 0.25) is 5.75 Å². The number of H-pyrrole nitrogens is 1. The summed E-state index contributed by atoms with van der Waals surface area (Å²) in [6, 6.07) is 18.2. The topological polar surface area (TPSA) is 156 Å². The lowest BCUT2D eigenvalue weighted by atomic mass is 9.67. The van der Waals surface area contributed by atoms with Gasteiger partial charge in [-0.3, -0.25) is 0 Å². The van der Waals surface area contributed by atoms with Gasteiger partial charge in [-0.15, -0.1) is 0 Å². The maximum atomic E-state index is 11.6. The molecule has 4 aromatic rings. The van der Waals surface area contributed by atoms with Gasteiger partial charge < -0.3 is 45.1 Å². The van der Waals surface area contributed by atoms with Crippen LogP contribution in [0.3, 0.4) is 0 Å². The lowest BCUT2D eigenvalue weighted by Gasteiger charge is -2.46. The number of benzene rings is 3. The molecule has 7 N–H and O–H groups in total. The van der Waals surface area contributed by atoms with Crippen LogP contribution in [-0.4, -0.2) is 61.0 Å². The molecule has 3 fully saturated rings. The molecular weight excluding hydrogens is 670 g/mol. The summed E-state index contributed by atoms with van der Waals surface area (Å²) >= 11 is 0. The predicted octanol–water partition coefficient (Wildman–Crippen LogP) is 7.51. The fourth-order valence-corrected chi connectivity index (χ4v) is 9.86. The maximum absolute atomic E-state index is 11.6. The van der Waals surface area contributed by atoms with Gasteiger partial charge in [0.05, 0.1) is 38.1 Å². The molecule has 284 valence electrons. The number of fused-ring (bicyclic) bond motifs is 1. The third-order valence-electron chi connectivity index (χ3n) is 12.7. The third kappa shape index (κ3) is 7.67. The first-order valence-corrected chi connectivity index (χ1v) is 19.4. The number of hydrogen-bond acceptors (Lipinski definition) is 8. The Morgan fingerprint density at radius 2 is 1.72 bits per heavy atom. The van der Waals surface area contributed by atoms with Crippen LogP contribution in [0.5, 0.6) is 23.0 Å². The molecule has 1 aliphatic heterocycles. The second-order valence-corrected chi connectivity index (χ2v) is 15.9. The van der Waals surface area contributed by atoms with Gasteiger partial charge >= 0.3 is 0 Å². The van der Waals surface area contributed by atoms with Crippen molar-refractivity contribution >= 4 is 0 Å². The first kappa shape index (κ1) is 37.3. The number of aliphatic hydroxyl groups excluding tert-OH is 3. The fraction of sp³-hybridized carbons (Fsp3) is 0.500. The van der Waals surface area contributed by atoms with Gasteiger partial charge in [-0.05, 0) is 109 Å². The third-order valence-corrected chi connectivity index (χ3v) is 12.7. The van der Waals surface area contributed by atoms with E-state index < -0.39 is 36.4 Å². The van der Waals surface area contributed by atoms with Gasteiger partial charge in [-0.1, -0.05) is 55.8 Å². The molecule has 0 bridgehead atoms. The molecule has 9 heteroatoms. The highest BCUT2D eigenvalue weighted by molar-refractivity contribution is 5.64. The summed E-state index contributed by atoms with van der Waals surface area (Å²) in [6.07, 6.45) is 8.91. The average Bonchev–Trinajstić information content (AvgIpc) is 3.69. The van der Waals surface area contributed by atoms with E-state index in [2.05, 4.69) is 30.1 Å². The summed E-state index contributed by atoms with van der Waals surface area (Å²) in [5.74, 6) is 0.178. The lowest BCUT2D eigenvalue weighted by molar-refractivity contribution is -0.154. The highest BCUT2D eigenvalue weighted by Crippen LogP contribution is 2.53. The highest BCUT2D eigenvalue weighted by Gasteiger charge is 2.44. The van der Waals surface area contributed by atoms with E-state index >= 15 is 0 Å². The highest BCUT2D eigenvalue weighted by atomic mass is 16.5. The number of aliphatic hydroxyl groups is 3. The molecule has 9 nitrogen and oxygen atoms in total. The minimum absolute atomic E-state index is 0.0467. The zero-order valence-electron chi connectivity index (χ0n) is 30.8. The van der Waals surface area contributed by atoms with E-state index in [4.69, 9.17) is 9.47 Å². The van der Waals surface area contributed by atoms with Crippen LogP contribution in [0.2, 0.25) is 0 Å². The largest absolute Gasteiger partial charge is 0.508 e. The normalized spacial score (nSPS) is 27.9. The number of aryl methyl sites for hydroxylation is 1. The molecule has 9 atom stereocenters. The van der Waals surface area contributed by atoms with Crippen LogP contribution in [0.1, 0.15) is 115 Å². The number of rotatable bonds is 11. The van der Waals surface area contributed by atoms with E-state index in [9.17, 15) is 30.6 Å². The first-order valence-electron chi connectivity index (χ1n) is 19.4. The van der Waals surface area contributed by atoms with Crippen LogP contribution in [0, 0.1) is 17.8 Å². The van der Waals surface area contributed by atoms with Crippen LogP contribution < -0.4 is 4.74 Å². The molecule has 0 amide bonds. The molecule has 0 spiro atoms. The van der Waals surface area contributed by atoms with E-state index in [0.29, 0.717) is 36.3 Å². The van der Waals surface area contributed by atoms with E-state index in [1.54, 1.807) is 6.20 Å². The zero-order valence-corrected chi connectivity index (χ0v) is 30.8. The number of methoxy groups -OCH3 is 1. The average molecular weight is 726 g/mol. The summed E-state index contributed by atoms with van der Waals surface area (Å²) in [7, 11) is 1.43. The molecule has 1 saturated heterocycles. The van der Waals surface area contributed by atoms with Crippen molar-refractivity contribution in [3.8, 4) is 23.0 Å². The number of phenols is 3. The Balaban J connectivity index is 1.14. The molecule has 1 aromatic heterocycles. The number of hydrogen-bond donors (Lipinski definition) is 7. The Kier molecular flexibility index (Phi) is 11.4. The van der Waals surface area contributed by atoms with Crippen molar-refractivity contribution in [1.82, 2.24) is 4.98 Å². The second kappa shape index (κ2) is 16.1. The summed E-state index contributed by atoms with van der Waals surface area (Å²) in [5, 5.41) is 66.8. The van der Waals surface area contributed by atoms with E-state index in [1.165, 1.54) is 12.7 Å². The molecular formula is C44H55NO8. The SMILES string of the molecule is COc1c(O)c(O)c(CO)c([C@@H]2C[C@H](O)[C@@H]3CC[C@@H](c4ccc(O)c([C@@H]5C[C@@H](C)CC[C@H]5[C@H](O)CCc5ccccc5)c4)C[C@@H]3O2)c1Cc1cc[nH]c1. The van der Waals surface area contributed by atoms with Gasteiger partial charge in [0, 0.05) is 42.3 Å².